The molecular formula is C35H31NO5. The van der Waals surface area contributed by atoms with E-state index in [1.54, 1.807) is 0 Å². The molecule has 41 heavy (non-hydrogen) atoms. The molecule has 0 bridgehead atoms. The van der Waals surface area contributed by atoms with Gasteiger partial charge in [-0.15, -0.1) is 0 Å². The van der Waals surface area contributed by atoms with E-state index in [9.17, 15) is 14.7 Å². The van der Waals surface area contributed by atoms with Crippen LogP contribution in [0.15, 0.2) is 103 Å². The van der Waals surface area contributed by atoms with Crippen LogP contribution >= 0.6 is 0 Å². The van der Waals surface area contributed by atoms with Crippen LogP contribution in [0.1, 0.15) is 35.1 Å². The van der Waals surface area contributed by atoms with Gasteiger partial charge in [0.25, 0.3) is 0 Å². The lowest BCUT2D eigenvalue weighted by Gasteiger charge is -2.08. The van der Waals surface area contributed by atoms with E-state index < -0.39 is 11.9 Å². The molecule has 4 aromatic carbocycles. The van der Waals surface area contributed by atoms with Crippen LogP contribution < -0.4 is 4.74 Å². The SMILES string of the molecule is O=C(O)CCCn1cc(CC(=O)O)c2c(/C=C/c3ccc(OCc4ccc(-c5ccccc5)cc4)cc3)cccc21. The Bertz CT molecular complexity index is 1670. The van der Waals surface area contributed by atoms with Crippen molar-refractivity contribution in [2.75, 3.05) is 0 Å². The van der Waals surface area contributed by atoms with Crippen LogP contribution in [-0.2, 0) is 29.2 Å². The molecule has 0 aliphatic carbocycles. The molecule has 1 heterocycles. The van der Waals surface area contributed by atoms with E-state index in [-0.39, 0.29) is 12.8 Å². The Balaban J connectivity index is 1.27. The lowest BCUT2D eigenvalue weighted by atomic mass is 10.0. The molecule has 206 valence electrons. The smallest absolute Gasteiger partial charge is 0.307 e. The van der Waals surface area contributed by atoms with E-state index >= 15 is 0 Å². The number of ether oxygens (including phenoxy) is 1. The van der Waals surface area contributed by atoms with Gasteiger partial charge in [-0.05, 0) is 58.0 Å². The molecule has 0 saturated carbocycles. The van der Waals surface area contributed by atoms with Crippen LogP contribution in [0.3, 0.4) is 0 Å². The minimum Gasteiger partial charge on any atom is -0.489 e. The zero-order valence-electron chi connectivity index (χ0n) is 22.6. The third-order valence-corrected chi connectivity index (χ3v) is 6.95. The third kappa shape index (κ3) is 7.11. The number of rotatable bonds is 12. The van der Waals surface area contributed by atoms with Gasteiger partial charge in [0, 0.05) is 30.1 Å². The second kappa shape index (κ2) is 12.8. The summed E-state index contributed by atoms with van der Waals surface area (Å²) in [4.78, 5) is 22.5. The first-order chi connectivity index (χ1) is 20.0. The molecule has 0 saturated heterocycles. The number of benzene rings is 4. The highest BCUT2D eigenvalue weighted by Gasteiger charge is 2.14. The van der Waals surface area contributed by atoms with Crippen molar-refractivity contribution in [2.24, 2.45) is 0 Å². The van der Waals surface area contributed by atoms with Crippen LogP contribution in [0.25, 0.3) is 34.2 Å². The number of aryl methyl sites for hydroxylation is 1. The van der Waals surface area contributed by atoms with Gasteiger partial charge in [0.05, 0.1) is 6.42 Å². The normalized spacial score (nSPS) is 11.2. The summed E-state index contributed by atoms with van der Waals surface area (Å²) in [6.07, 6.45) is 6.24. The zero-order chi connectivity index (χ0) is 28.6. The molecule has 0 radical (unpaired) electrons. The first kappa shape index (κ1) is 27.5. The van der Waals surface area contributed by atoms with Crippen molar-refractivity contribution in [3.63, 3.8) is 0 Å². The molecule has 0 atom stereocenters. The maximum Gasteiger partial charge on any atom is 0.307 e. The Labute approximate surface area is 238 Å². The third-order valence-electron chi connectivity index (χ3n) is 6.95. The van der Waals surface area contributed by atoms with Gasteiger partial charge in [0.15, 0.2) is 0 Å². The second-order valence-electron chi connectivity index (χ2n) is 9.91. The summed E-state index contributed by atoms with van der Waals surface area (Å²) >= 11 is 0. The van der Waals surface area contributed by atoms with Crippen molar-refractivity contribution in [2.45, 2.75) is 32.4 Å². The maximum absolute atomic E-state index is 11.5. The summed E-state index contributed by atoms with van der Waals surface area (Å²) in [6.45, 7) is 0.982. The first-order valence-electron chi connectivity index (χ1n) is 13.6. The minimum absolute atomic E-state index is 0.0633. The fourth-order valence-corrected chi connectivity index (χ4v) is 4.94. The average Bonchev–Trinajstić information content (AvgIpc) is 3.33. The molecule has 0 spiro atoms. The second-order valence-corrected chi connectivity index (χ2v) is 9.91. The maximum atomic E-state index is 11.5. The topological polar surface area (TPSA) is 88.8 Å². The van der Waals surface area contributed by atoms with Crippen molar-refractivity contribution in [3.8, 4) is 16.9 Å². The average molecular weight is 546 g/mol. The van der Waals surface area contributed by atoms with Crippen LogP contribution in [0.5, 0.6) is 5.75 Å². The summed E-state index contributed by atoms with van der Waals surface area (Å²) in [5.41, 5.74) is 6.96. The molecule has 6 nitrogen and oxygen atoms in total. The summed E-state index contributed by atoms with van der Waals surface area (Å²) in [7, 11) is 0. The number of fused-ring (bicyclic) bond motifs is 1. The molecular weight excluding hydrogens is 514 g/mol. The lowest BCUT2D eigenvalue weighted by Crippen LogP contribution is -2.01. The molecule has 0 amide bonds. The first-order valence-corrected chi connectivity index (χ1v) is 13.6. The van der Waals surface area contributed by atoms with Gasteiger partial charge < -0.3 is 19.5 Å². The summed E-state index contributed by atoms with van der Waals surface area (Å²) in [6, 6.07) is 32.3. The van der Waals surface area contributed by atoms with Gasteiger partial charge in [-0.25, -0.2) is 0 Å². The Kier molecular flexibility index (Phi) is 8.60. The molecule has 0 aliphatic heterocycles. The molecule has 0 aliphatic rings. The van der Waals surface area contributed by atoms with Gasteiger partial charge in [-0.3, -0.25) is 9.59 Å². The van der Waals surface area contributed by atoms with Gasteiger partial charge in [-0.1, -0.05) is 91.0 Å². The molecule has 5 rings (SSSR count). The molecule has 1 aromatic heterocycles. The number of carboxylic acids is 2. The number of carboxylic acid groups (broad SMARTS) is 2. The molecule has 2 N–H and O–H groups in total. The van der Waals surface area contributed by atoms with Crippen molar-refractivity contribution in [1.29, 1.82) is 0 Å². The van der Waals surface area contributed by atoms with Crippen molar-refractivity contribution < 1.29 is 24.5 Å². The number of nitrogens with zero attached hydrogens (tertiary/aromatic N) is 1. The van der Waals surface area contributed by atoms with E-state index in [0.717, 1.165) is 33.3 Å². The highest BCUT2D eigenvalue weighted by Crippen LogP contribution is 2.28. The molecule has 5 aromatic rings. The summed E-state index contributed by atoms with van der Waals surface area (Å²) in [5, 5.41) is 19.3. The number of hydrogen-bond acceptors (Lipinski definition) is 3. The van der Waals surface area contributed by atoms with E-state index in [0.29, 0.717) is 25.1 Å². The van der Waals surface area contributed by atoms with Crippen LogP contribution in [0.2, 0.25) is 0 Å². The van der Waals surface area contributed by atoms with E-state index in [4.69, 9.17) is 9.84 Å². The Morgan fingerprint density at radius 2 is 1.49 bits per heavy atom. The van der Waals surface area contributed by atoms with Crippen LogP contribution in [-0.4, -0.2) is 26.7 Å². The molecule has 0 unspecified atom stereocenters. The Morgan fingerprint density at radius 3 is 2.20 bits per heavy atom. The van der Waals surface area contributed by atoms with E-state index in [1.807, 2.05) is 83.6 Å². The van der Waals surface area contributed by atoms with E-state index in [1.165, 1.54) is 11.1 Å². The standard InChI is InChI=1S/C35H31NO5/c37-33(38)10-5-21-36-23-30(22-34(39)40)35-29(8-4-9-32(35)36)18-11-25-14-19-31(20-15-25)41-24-26-12-16-28(17-13-26)27-6-2-1-3-7-27/h1-4,6-9,11-20,23H,5,10,21-22,24H2,(H,37,38)(H,39,40)/b18-11+. The van der Waals surface area contributed by atoms with Crippen molar-refractivity contribution in [3.05, 3.63) is 126 Å². The number of aliphatic carboxylic acids is 2. The quantitative estimate of drug-likeness (QED) is 0.158. The Morgan fingerprint density at radius 1 is 0.756 bits per heavy atom. The lowest BCUT2D eigenvalue weighted by molar-refractivity contribution is -0.137. The fraction of sp³-hybridized carbons (Fsp3) is 0.143. The molecule has 6 heteroatoms. The number of hydrogen-bond donors (Lipinski definition) is 2. The monoisotopic (exact) mass is 545 g/mol. The predicted molar refractivity (Wildman–Crippen MR) is 162 cm³/mol. The molecule has 0 fully saturated rings. The van der Waals surface area contributed by atoms with Gasteiger partial charge >= 0.3 is 11.9 Å². The highest BCUT2D eigenvalue weighted by atomic mass is 16.5. The van der Waals surface area contributed by atoms with E-state index in [2.05, 4.69) is 36.4 Å². The highest BCUT2D eigenvalue weighted by molar-refractivity contribution is 5.96. The summed E-state index contributed by atoms with van der Waals surface area (Å²) < 4.78 is 7.95. The fourth-order valence-electron chi connectivity index (χ4n) is 4.94. The van der Waals surface area contributed by atoms with Crippen LogP contribution in [0, 0.1) is 0 Å². The van der Waals surface area contributed by atoms with Gasteiger partial charge in [0.2, 0.25) is 0 Å². The van der Waals surface area contributed by atoms with Crippen molar-refractivity contribution >= 4 is 35.0 Å². The van der Waals surface area contributed by atoms with Crippen molar-refractivity contribution in [1.82, 2.24) is 4.57 Å². The zero-order valence-corrected chi connectivity index (χ0v) is 22.6. The predicted octanol–water partition coefficient (Wildman–Crippen LogP) is 7.55. The van der Waals surface area contributed by atoms with Crippen LogP contribution in [0.4, 0.5) is 0 Å². The van der Waals surface area contributed by atoms with Gasteiger partial charge in [-0.2, -0.15) is 0 Å². The van der Waals surface area contributed by atoms with Gasteiger partial charge in [0.1, 0.15) is 12.4 Å². The number of carbonyl (C=O) groups is 2. The largest absolute Gasteiger partial charge is 0.489 e. The summed E-state index contributed by atoms with van der Waals surface area (Å²) in [5.74, 6) is -0.973. The Hall–Kier alpha value is -5.10. The number of aromatic nitrogens is 1. The minimum atomic E-state index is -0.906.